The smallest absolute Gasteiger partial charge is 0.264 e. The Morgan fingerprint density at radius 2 is 1.94 bits per heavy atom. The van der Waals surface area contributed by atoms with E-state index in [1.54, 1.807) is 12.3 Å². The van der Waals surface area contributed by atoms with Crippen molar-refractivity contribution in [2.45, 2.75) is 31.1 Å². The van der Waals surface area contributed by atoms with E-state index in [1.807, 2.05) is 30.3 Å². The normalized spacial score (nSPS) is 20.1. The highest BCUT2D eigenvalue weighted by atomic mass is 32.2. The van der Waals surface area contributed by atoms with Gasteiger partial charge in [0.15, 0.2) is 14.6 Å². The number of allylic oxidation sites excluding steroid dienone is 1. The number of aryl methyl sites for hydroxylation is 1. The zero-order chi connectivity index (χ0) is 23.5. The molecule has 1 saturated carbocycles. The second-order valence-electron chi connectivity index (χ2n) is 8.46. The molecule has 8 nitrogen and oxygen atoms in total. The molecule has 0 spiro atoms. The molecule has 1 amide bonds. The highest BCUT2D eigenvalue weighted by Crippen LogP contribution is 2.39. The van der Waals surface area contributed by atoms with Gasteiger partial charge < -0.3 is 9.67 Å². The fourth-order valence-corrected chi connectivity index (χ4v) is 4.37. The van der Waals surface area contributed by atoms with Gasteiger partial charge in [-0.05, 0) is 54.4 Å². The van der Waals surface area contributed by atoms with Gasteiger partial charge in [-0.25, -0.2) is 13.9 Å². The van der Waals surface area contributed by atoms with E-state index < -0.39 is 20.5 Å². The molecule has 1 aliphatic carbocycles. The lowest BCUT2D eigenvalue weighted by atomic mass is 10.0. The van der Waals surface area contributed by atoms with Crippen LogP contribution < -0.4 is 11.0 Å². The predicted octanol–water partition coefficient (Wildman–Crippen LogP) is 1.86. The van der Waals surface area contributed by atoms with Gasteiger partial charge in [0.25, 0.3) is 11.5 Å². The molecule has 1 unspecified atom stereocenters. The van der Waals surface area contributed by atoms with E-state index in [-0.39, 0.29) is 25.1 Å². The van der Waals surface area contributed by atoms with E-state index in [9.17, 15) is 18.0 Å². The number of hydrogen-bond donors (Lipinski definition) is 3. The number of aromatic nitrogens is 1. The van der Waals surface area contributed by atoms with Crippen LogP contribution in [0.4, 0.5) is 0 Å². The number of aliphatic hydroxyl groups is 1. The molecule has 1 aromatic heterocycles. The molecule has 1 heterocycles. The van der Waals surface area contributed by atoms with Crippen LogP contribution in [0, 0.1) is 11.8 Å². The molecule has 32 heavy (non-hydrogen) atoms. The van der Waals surface area contributed by atoms with Crippen molar-refractivity contribution in [1.82, 2.24) is 10.0 Å². The van der Waals surface area contributed by atoms with Gasteiger partial charge in [0.05, 0.1) is 0 Å². The highest BCUT2D eigenvalue weighted by molar-refractivity contribution is 7.92. The second kappa shape index (κ2) is 9.40. The molecule has 0 saturated heterocycles. The third kappa shape index (κ3) is 5.17. The van der Waals surface area contributed by atoms with Crippen LogP contribution in [0.15, 0.2) is 53.5 Å². The first-order valence-electron chi connectivity index (χ1n) is 10.3. The molecule has 0 bridgehead atoms. The van der Waals surface area contributed by atoms with Crippen molar-refractivity contribution in [3.05, 3.63) is 64.6 Å². The predicted molar refractivity (Wildman–Crippen MR) is 122 cm³/mol. The van der Waals surface area contributed by atoms with E-state index in [4.69, 9.17) is 10.3 Å². The molecule has 3 N–H and O–H groups in total. The SMILES string of the molecule is CC(CCn1ccc(-c2ccc(/C=C/[C@@H]3C[C@H]3CO)cc2)cc1=O)(C(=O)NO)S(C)(=O)=O. The fourth-order valence-electron chi connectivity index (χ4n) is 3.53. The number of nitrogens with one attached hydrogen (secondary N) is 1. The number of carbonyl (C=O) groups excluding carboxylic acids is 1. The summed E-state index contributed by atoms with van der Waals surface area (Å²) in [7, 11) is -3.83. The summed E-state index contributed by atoms with van der Waals surface area (Å²) in [6.45, 7) is 1.44. The quantitative estimate of drug-likeness (QED) is 0.387. The number of hydrogen-bond acceptors (Lipinski definition) is 6. The van der Waals surface area contributed by atoms with Gasteiger partial charge in [-0.15, -0.1) is 0 Å². The zero-order valence-electron chi connectivity index (χ0n) is 18.1. The maximum absolute atomic E-state index is 12.6. The summed E-state index contributed by atoms with van der Waals surface area (Å²) >= 11 is 0. The lowest BCUT2D eigenvalue weighted by Crippen LogP contribution is -2.49. The molecular weight excluding hydrogens is 432 g/mol. The summed E-state index contributed by atoms with van der Waals surface area (Å²) in [4.78, 5) is 24.5. The Hall–Kier alpha value is -2.75. The van der Waals surface area contributed by atoms with Crippen molar-refractivity contribution < 1.29 is 23.5 Å². The maximum Gasteiger partial charge on any atom is 0.264 e. The first-order chi connectivity index (χ1) is 15.1. The Morgan fingerprint density at radius 3 is 2.47 bits per heavy atom. The van der Waals surface area contributed by atoms with Crippen LogP contribution in [0.2, 0.25) is 0 Å². The molecule has 9 heteroatoms. The van der Waals surface area contributed by atoms with Crippen LogP contribution in [0.1, 0.15) is 25.3 Å². The average molecular weight is 461 g/mol. The van der Waals surface area contributed by atoms with Crippen LogP contribution in [0.5, 0.6) is 0 Å². The Kier molecular flexibility index (Phi) is 7.02. The first-order valence-corrected chi connectivity index (χ1v) is 12.2. The van der Waals surface area contributed by atoms with Gasteiger partial charge in [0.1, 0.15) is 0 Å². The van der Waals surface area contributed by atoms with Gasteiger partial charge in [0.2, 0.25) is 0 Å². The number of sulfone groups is 1. The van der Waals surface area contributed by atoms with E-state index in [2.05, 4.69) is 6.08 Å². The third-order valence-electron chi connectivity index (χ3n) is 6.22. The Labute approximate surface area is 187 Å². The number of carbonyl (C=O) groups is 1. The second-order valence-corrected chi connectivity index (χ2v) is 10.9. The molecule has 0 aliphatic heterocycles. The largest absolute Gasteiger partial charge is 0.396 e. The summed E-state index contributed by atoms with van der Waals surface area (Å²) in [5.74, 6) is -0.210. The molecule has 0 radical (unpaired) electrons. The van der Waals surface area contributed by atoms with Crippen molar-refractivity contribution in [3.63, 3.8) is 0 Å². The number of rotatable bonds is 9. The lowest BCUT2D eigenvalue weighted by Gasteiger charge is -2.25. The number of amides is 1. The van der Waals surface area contributed by atoms with Crippen molar-refractivity contribution in [3.8, 4) is 11.1 Å². The average Bonchev–Trinajstić information content (AvgIpc) is 3.54. The summed E-state index contributed by atoms with van der Waals surface area (Å²) in [5, 5.41) is 18.0. The standard InChI is InChI=1S/C23H28N2O6S/c1-23(22(28)24-29,32(2,30)31)10-12-25-11-9-19(14-21(25)27)17-6-3-16(4-7-17)5-8-18-13-20(18)15-26/h3-9,11,14,18,20,26,29H,10,12-13,15H2,1-2H3,(H,24,28)/b8-5+/t18-,20+,23?/m1/s1. The lowest BCUT2D eigenvalue weighted by molar-refractivity contribution is -0.131. The molecule has 1 fully saturated rings. The van der Waals surface area contributed by atoms with Crippen LogP contribution >= 0.6 is 0 Å². The minimum Gasteiger partial charge on any atom is -0.396 e. The number of pyridine rings is 1. The molecule has 3 rings (SSSR count). The number of hydroxylamine groups is 1. The summed E-state index contributed by atoms with van der Waals surface area (Å²) < 4.78 is 23.6. The molecular formula is C23H28N2O6S. The van der Waals surface area contributed by atoms with Gasteiger partial charge >= 0.3 is 0 Å². The van der Waals surface area contributed by atoms with Crippen LogP contribution in [-0.2, 0) is 21.2 Å². The summed E-state index contributed by atoms with van der Waals surface area (Å²) in [6.07, 6.45) is 7.48. The topological polar surface area (TPSA) is 126 Å². The van der Waals surface area contributed by atoms with Gasteiger partial charge in [-0.3, -0.25) is 14.8 Å². The van der Waals surface area contributed by atoms with E-state index in [0.29, 0.717) is 11.8 Å². The number of benzene rings is 1. The van der Waals surface area contributed by atoms with Crippen LogP contribution in [-0.4, -0.2) is 46.8 Å². The molecule has 3 atom stereocenters. The van der Waals surface area contributed by atoms with E-state index >= 15 is 0 Å². The van der Waals surface area contributed by atoms with Crippen molar-refractivity contribution in [1.29, 1.82) is 0 Å². The van der Waals surface area contributed by atoms with Crippen molar-refractivity contribution >= 4 is 21.8 Å². The summed E-state index contributed by atoms with van der Waals surface area (Å²) in [5.41, 5.74) is 3.70. The first kappa shape index (κ1) is 23.9. The summed E-state index contributed by atoms with van der Waals surface area (Å²) in [6, 6.07) is 11.0. The minimum atomic E-state index is -3.83. The number of aliphatic hydroxyl groups excluding tert-OH is 1. The molecule has 1 aliphatic rings. The molecule has 2 aromatic rings. The Morgan fingerprint density at radius 1 is 1.25 bits per heavy atom. The maximum atomic E-state index is 12.6. The van der Waals surface area contributed by atoms with Crippen molar-refractivity contribution in [2.75, 3.05) is 12.9 Å². The highest BCUT2D eigenvalue weighted by Gasteiger charge is 2.43. The monoisotopic (exact) mass is 460 g/mol. The van der Waals surface area contributed by atoms with Gasteiger partial charge in [0, 0.05) is 31.7 Å². The Balaban J connectivity index is 1.71. The van der Waals surface area contributed by atoms with Crippen LogP contribution in [0.3, 0.4) is 0 Å². The zero-order valence-corrected chi connectivity index (χ0v) is 18.9. The number of nitrogens with zero attached hydrogens (tertiary/aromatic N) is 1. The van der Waals surface area contributed by atoms with Crippen LogP contribution in [0.25, 0.3) is 17.2 Å². The molecule has 172 valence electrons. The van der Waals surface area contributed by atoms with E-state index in [1.165, 1.54) is 23.0 Å². The molecule has 1 aromatic carbocycles. The van der Waals surface area contributed by atoms with Gasteiger partial charge in [-0.1, -0.05) is 36.4 Å². The van der Waals surface area contributed by atoms with Gasteiger partial charge in [-0.2, -0.15) is 0 Å². The van der Waals surface area contributed by atoms with Crippen molar-refractivity contribution in [2.24, 2.45) is 11.8 Å². The third-order valence-corrected chi connectivity index (χ3v) is 8.24. The van der Waals surface area contributed by atoms with E-state index in [0.717, 1.165) is 29.4 Å². The Bertz CT molecular complexity index is 1170. The minimum absolute atomic E-state index is 0.00413. The fraction of sp³-hybridized carbons (Fsp3) is 0.391.